The first-order valence-corrected chi connectivity index (χ1v) is 5.07. The van der Waals surface area contributed by atoms with Gasteiger partial charge in [0.25, 0.3) is 0 Å². The maximum absolute atomic E-state index is 10.5. The zero-order valence-corrected chi connectivity index (χ0v) is 8.42. The molecule has 0 saturated heterocycles. The summed E-state index contributed by atoms with van der Waals surface area (Å²) in [7, 11) is 0. The van der Waals surface area contributed by atoms with E-state index in [2.05, 4.69) is 10.5 Å². The van der Waals surface area contributed by atoms with Crippen molar-refractivity contribution < 1.29 is 0 Å². The molecule has 0 unspecified atom stereocenters. The molecule has 1 N–H and O–H groups in total. The Bertz CT molecular complexity index is 350. The minimum absolute atomic E-state index is 0.432. The molecular weight excluding hydrogens is 200 g/mol. The summed E-state index contributed by atoms with van der Waals surface area (Å²) < 4.78 is 0. The van der Waals surface area contributed by atoms with Crippen LogP contribution in [0.3, 0.4) is 0 Å². The van der Waals surface area contributed by atoms with Gasteiger partial charge in [0.1, 0.15) is 5.69 Å². The predicted octanol–water partition coefficient (Wildman–Crippen LogP) is 3.70. The fraction of sp³-hybridized carbons (Fsp3) is 0.400. The van der Waals surface area contributed by atoms with Crippen LogP contribution in [0.2, 0.25) is 5.02 Å². The molecule has 1 aromatic carbocycles. The van der Waals surface area contributed by atoms with E-state index in [0.29, 0.717) is 16.8 Å². The van der Waals surface area contributed by atoms with Crippen molar-refractivity contribution in [1.82, 2.24) is 0 Å². The van der Waals surface area contributed by atoms with Gasteiger partial charge in [-0.2, -0.15) is 0 Å². The van der Waals surface area contributed by atoms with E-state index in [9.17, 15) is 4.91 Å². The molecule has 0 heterocycles. The highest BCUT2D eigenvalue weighted by Gasteiger charge is 2.18. The molecule has 14 heavy (non-hydrogen) atoms. The highest BCUT2D eigenvalue weighted by Crippen LogP contribution is 2.31. The van der Waals surface area contributed by atoms with E-state index >= 15 is 0 Å². The van der Waals surface area contributed by atoms with Crippen LogP contribution >= 0.6 is 11.6 Å². The van der Waals surface area contributed by atoms with Gasteiger partial charge in [-0.05, 0) is 42.6 Å². The fourth-order valence-corrected chi connectivity index (χ4v) is 1.65. The average Bonchev–Trinajstić information content (AvgIpc) is 2.12. The molecule has 0 aliphatic heterocycles. The summed E-state index contributed by atoms with van der Waals surface area (Å²) in [6.45, 7) is 0. The predicted molar refractivity (Wildman–Crippen MR) is 58.2 cm³/mol. The molecule has 1 aliphatic carbocycles. The summed E-state index contributed by atoms with van der Waals surface area (Å²) >= 11 is 5.83. The fourth-order valence-electron chi connectivity index (χ4n) is 1.48. The summed E-state index contributed by atoms with van der Waals surface area (Å²) in [5.41, 5.74) is 1.18. The quantitative estimate of drug-likeness (QED) is 0.773. The molecule has 2 rings (SSSR count). The van der Waals surface area contributed by atoms with Crippen LogP contribution in [0.1, 0.15) is 19.3 Å². The van der Waals surface area contributed by atoms with Crippen molar-refractivity contribution in [2.24, 2.45) is 5.18 Å². The lowest BCUT2D eigenvalue weighted by atomic mass is 9.93. The van der Waals surface area contributed by atoms with Crippen molar-refractivity contribution in [3.05, 3.63) is 28.1 Å². The van der Waals surface area contributed by atoms with Gasteiger partial charge in [0.05, 0.1) is 5.69 Å². The van der Waals surface area contributed by atoms with Crippen LogP contribution in [-0.4, -0.2) is 6.04 Å². The Morgan fingerprint density at radius 1 is 1.43 bits per heavy atom. The van der Waals surface area contributed by atoms with Crippen LogP contribution < -0.4 is 5.32 Å². The summed E-state index contributed by atoms with van der Waals surface area (Å²) in [6.07, 6.45) is 3.57. The maximum Gasteiger partial charge on any atom is 0.131 e. The Hall–Kier alpha value is -1.09. The lowest BCUT2D eigenvalue weighted by Crippen LogP contribution is -2.26. The molecule has 74 valence electrons. The lowest BCUT2D eigenvalue weighted by molar-refractivity contribution is 0.445. The van der Waals surface area contributed by atoms with Crippen molar-refractivity contribution in [1.29, 1.82) is 0 Å². The van der Waals surface area contributed by atoms with E-state index < -0.39 is 0 Å². The number of hydrogen-bond acceptors (Lipinski definition) is 3. The molecule has 0 radical (unpaired) electrons. The van der Waals surface area contributed by atoms with Crippen molar-refractivity contribution in [3.63, 3.8) is 0 Å². The second kappa shape index (κ2) is 3.96. The smallest absolute Gasteiger partial charge is 0.131 e. The summed E-state index contributed by atoms with van der Waals surface area (Å²) in [4.78, 5) is 10.5. The third-order valence-corrected chi connectivity index (χ3v) is 2.76. The largest absolute Gasteiger partial charge is 0.380 e. The van der Waals surface area contributed by atoms with Gasteiger partial charge in [-0.1, -0.05) is 11.6 Å². The van der Waals surface area contributed by atoms with Gasteiger partial charge in [0.2, 0.25) is 0 Å². The zero-order valence-electron chi connectivity index (χ0n) is 7.66. The molecule has 4 heteroatoms. The highest BCUT2D eigenvalue weighted by atomic mass is 35.5. The van der Waals surface area contributed by atoms with Crippen molar-refractivity contribution >= 4 is 23.0 Å². The van der Waals surface area contributed by atoms with Crippen molar-refractivity contribution in [3.8, 4) is 0 Å². The number of benzene rings is 1. The standard InChI is InChI=1S/C10H11ClN2O/c11-7-4-5-9(13-14)10(6-7)12-8-2-1-3-8/h4-6,8,12H,1-3H2. The zero-order chi connectivity index (χ0) is 9.97. The first-order valence-electron chi connectivity index (χ1n) is 4.69. The van der Waals surface area contributed by atoms with Crippen LogP contribution in [-0.2, 0) is 0 Å². The molecule has 0 spiro atoms. The third kappa shape index (κ3) is 1.87. The Balaban J connectivity index is 2.19. The van der Waals surface area contributed by atoms with Crippen LogP contribution in [0.15, 0.2) is 23.4 Å². The summed E-state index contributed by atoms with van der Waals surface area (Å²) in [5, 5.41) is 6.84. The van der Waals surface area contributed by atoms with E-state index in [0.717, 1.165) is 18.5 Å². The first kappa shape index (κ1) is 9.46. The van der Waals surface area contributed by atoms with E-state index in [4.69, 9.17) is 11.6 Å². The SMILES string of the molecule is O=Nc1ccc(Cl)cc1NC1CCC1. The van der Waals surface area contributed by atoms with Crippen LogP contribution in [0.5, 0.6) is 0 Å². The van der Waals surface area contributed by atoms with Crippen molar-refractivity contribution in [2.45, 2.75) is 25.3 Å². The molecule has 0 bridgehead atoms. The summed E-state index contributed by atoms with van der Waals surface area (Å²) in [5.74, 6) is 0. The molecule has 0 amide bonds. The van der Waals surface area contributed by atoms with Gasteiger partial charge in [-0.25, -0.2) is 0 Å². The first-order chi connectivity index (χ1) is 6.79. The Labute approximate surface area is 87.4 Å². The number of halogens is 1. The van der Waals surface area contributed by atoms with Gasteiger partial charge in [0.15, 0.2) is 0 Å². The number of hydrogen-bond donors (Lipinski definition) is 1. The van der Waals surface area contributed by atoms with E-state index in [1.807, 2.05) is 0 Å². The maximum atomic E-state index is 10.5. The normalized spacial score (nSPS) is 16.1. The van der Waals surface area contributed by atoms with E-state index in [1.54, 1.807) is 18.2 Å². The van der Waals surface area contributed by atoms with Gasteiger partial charge in [-0.15, -0.1) is 4.91 Å². The topological polar surface area (TPSA) is 41.5 Å². The number of nitroso groups, excluding NO2 is 1. The Morgan fingerprint density at radius 3 is 2.79 bits per heavy atom. The van der Waals surface area contributed by atoms with Gasteiger partial charge in [0, 0.05) is 11.1 Å². The summed E-state index contributed by atoms with van der Waals surface area (Å²) in [6, 6.07) is 5.53. The van der Waals surface area contributed by atoms with Gasteiger partial charge >= 0.3 is 0 Å². The second-order valence-electron chi connectivity index (χ2n) is 3.52. The van der Waals surface area contributed by atoms with E-state index in [1.165, 1.54) is 6.42 Å². The van der Waals surface area contributed by atoms with Gasteiger partial charge in [-0.3, -0.25) is 0 Å². The second-order valence-corrected chi connectivity index (χ2v) is 3.96. The molecule has 1 fully saturated rings. The molecule has 1 saturated carbocycles. The Morgan fingerprint density at radius 2 is 2.21 bits per heavy atom. The third-order valence-electron chi connectivity index (χ3n) is 2.52. The molecule has 0 aromatic heterocycles. The molecule has 1 aliphatic rings. The monoisotopic (exact) mass is 210 g/mol. The van der Waals surface area contributed by atoms with E-state index in [-0.39, 0.29) is 0 Å². The number of anilines is 1. The lowest BCUT2D eigenvalue weighted by Gasteiger charge is -2.27. The molecule has 0 atom stereocenters. The number of nitrogens with zero attached hydrogens (tertiary/aromatic N) is 1. The number of nitrogens with one attached hydrogen (secondary N) is 1. The highest BCUT2D eigenvalue weighted by molar-refractivity contribution is 6.31. The van der Waals surface area contributed by atoms with Crippen LogP contribution in [0, 0.1) is 4.91 Å². The Kier molecular flexibility index (Phi) is 2.68. The van der Waals surface area contributed by atoms with Gasteiger partial charge < -0.3 is 5.32 Å². The molecule has 1 aromatic rings. The average molecular weight is 211 g/mol. The van der Waals surface area contributed by atoms with Crippen molar-refractivity contribution in [2.75, 3.05) is 5.32 Å². The minimum Gasteiger partial charge on any atom is -0.380 e. The van der Waals surface area contributed by atoms with Crippen LogP contribution in [0.4, 0.5) is 11.4 Å². The minimum atomic E-state index is 0.432. The number of rotatable bonds is 3. The van der Waals surface area contributed by atoms with Crippen LogP contribution in [0.25, 0.3) is 0 Å². The molecular formula is C10H11ClN2O. The molecule has 3 nitrogen and oxygen atoms in total.